The topological polar surface area (TPSA) is 12.0 Å². The van der Waals surface area contributed by atoms with Crippen molar-refractivity contribution in [1.82, 2.24) is 5.32 Å². The monoisotopic (exact) mass is 225 g/mol. The smallest absolute Gasteiger partial charge is 0.128 e. The zero-order valence-corrected chi connectivity index (χ0v) is 9.47. The van der Waals surface area contributed by atoms with Crippen molar-refractivity contribution in [2.24, 2.45) is 5.92 Å². The van der Waals surface area contributed by atoms with Gasteiger partial charge < -0.3 is 5.32 Å². The molecule has 1 aliphatic carbocycles. The Morgan fingerprint density at radius 1 is 1.38 bits per heavy atom. The summed E-state index contributed by atoms with van der Waals surface area (Å²) < 4.78 is 26.8. The number of nitrogens with one attached hydrogen (secondary N) is 1. The third kappa shape index (κ3) is 2.24. The molecule has 88 valence electrons. The molecule has 0 aromatic heterocycles. The number of rotatable bonds is 4. The van der Waals surface area contributed by atoms with Crippen LogP contribution in [0.5, 0.6) is 0 Å². The normalized spacial score (nSPS) is 18.2. The van der Waals surface area contributed by atoms with E-state index in [0.29, 0.717) is 11.5 Å². The van der Waals surface area contributed by atoms with E-state index < -0.39 is 0 Å². The molecule has 0 bridgehead atoms. The van der Waals surface area contributed by atoms with Gasteiger partial charge in [0.25, 0.3) is 0 Å². The minimum Gasteiger partial charge on any atom is -0.310 e. The molecular weight excluding hydrogens is 208 g/mol. The van der Waals surface area contributed by atoms with Crippen LogP contribution in [0.3, 0.4) is 0 Å². The van der Waals surface area contributed by atoms with Crippen LogP contribution in [-0.4, -0.2) is 6.54 Å². The Balaban J connectivity index is 2.25. The first-order valence-electron chi connectivity index (χ1n) is 5.90. The van der Waals surface area contributed by atoms with Crippen molar-refractivity contribution in [3.05, 3.63) is 35.4 Å². The van der Waals surface area contributed by atoms with Crippen LogP contribution in [0.4, 0.5) is 8.78 Å². The average Bonchev–Trinajstić information content (AvgIpc) is 2.18. The molecule has 1 fully saturated rings. The molecule has 16 heavy (non-hydrogen) atoms. The fourth-order valence-electron chi connectivity index (χ4n) is 2.28. The number of hydrogen-bond acceptors (Lipinski definition) is 1. The van der Waals surface area contributed by atoms with Gasteiger partial charge in [0.05, 0.1) is 0 Å². The van der Waals surface area contributed by atoms with E-state index in [1.54, 1.807) is 0 Å². The molecule has 1 saturated carbocycles. The maximum atomic E-state index is 13.7. The molecule has 3 heteroatoms. The predicted octanol–water partition coefficient (Wildman–Crippen LogP) is 3.42. The van der Waals surface area contributed by atoms with Gasteiger partial charge in [0.15, 0.2) is 0 Å². The molecule has 0 saturated heterocycles. The standard InChI is InChI=1S/C13H17F2N/c1-2-16-13(9-4-3-5-9)11-8-10(14)6-7-12(11)15/h6-9,13,16H,2-5H2,1H3. The van der Waals surface area contributed by atoms with Gasteiger partial charge >= 0.3 is 0 Å². The minimum atomic E-state index is -0.362. The van der Waals surface area contributed by atoms with Crippen molar-refractivity contribution in [3.8, 4) is 0 Å². The van der Waals surface area contributed by atoms with Crippen LogP contribution in [0.1, 0.15) is 37.8 Å². The van der Waals surface area contributed by atoms with Gasteiger partial charge in [-0.15, -0.1) is 0 Å². The fraction of sp³-hybridized carbons (Fsp3) is 0.538. The SMILES string of the molecule is CCNC(c1cc(F)ccc1F)C1CCC1. The molecule has 1 aromatic carbocycles. The molecular formula is C13H17F2N. The van der Waals surface area contributed by atoms with Crippen molar-refractivity contribution in [2.75, 3.05) is 6.54 Å². The van der Waals surface area contributed by atoms with E-state index in [9.17, 15) is 8.78 Å². The molecule has 1 nitrogen and oxygen atoms in total. The van der Waals surface area contributed by atoms with Crippen LogP contribution in [-0.2, 0) is 0 Å². The van der Waals surface area contributed by atoms with Crippen molar-refractivity contribution in [3.63, 3.8) is 0 Å². The Kier molecular flexibility index (Phi) is 3.54. The second-order valence-electron chi connectivity index (χ2n) is 4.39. The summed E-state index contributed by atoms with van der Waals surface area (Å²) >= 11 is 0. The highest BCUT2D eigenvalue weighted by Gasteiger charge is 2.29. The van der Waals surface area contributed by atoms with Crippen LogP contribution in [0.2, 0.25) is 0 Å². The summed E-state index contributed by atoms with van der Waals surface area (Å²) in [5, 5.41) is 3.26. The fourth-order valence-corrected chi connectivity index (χ4v) is 2.28. The maximum absolute atomic E-state index is 13.7. The van der Waals surface area contributed by atoms with Crippen LogP contribution in [0, 0.1) is 17.6 Å². The van der Waals surface area contributed by atoms with Gasteiger partial charge in [-0.2, -0.15) is 0 Å². The molecule has 0 amide bonds. The maximum Gasteiger partial charge on any atom is 0.128 e. The second kappa shape index (κ2) is 4.91. The largest absolute Gasteiger partial charge is 0.310 e. The number of benzene rings is 1. The van der Waals surface area contributed by atoms with Gasteiger partial charge in [0.1, 0.15) is 11.6 Å². The Hall–Kier alpha value is -0.960. The molecule has 1 N–H and O–H groups in total. The number of halogens is 2. The Morgan fingerprint density at radius 3 is 2.69 bits per heavy atom. The van der Waals surface area contributed by atoms with Gasteiger partial charge in [-0.25, -0.2) is 8.78 Å². The summed E-state index contributed by atoms with van der Waals surface area (Å²) in [5.41, 5.74) is 0.478. The van der Waals surface area contributed by atoms with Gasteiger partial charge in [-0.1, -0.05) is 13.3 Å². The summed E-state index contributed by atoms with van der Waals surface area (Å²) in [4.78, 5) is 0. The lowest BCUT2D eigenvalue weighted by molar-refractivity contribution is 0.229. The van der Waals surface area contributed by atoms with Crippen molar-refractivity contribution >= 4 is 0 Å². The first-order chi connectivity index (χ1) is 7.72. The highest BCUT2D eigenvalue weighted by molar-refractivity contribution is 5.23. The molecule has 1 aliphatic rings. The van der Waals surface area contributed by atoms with Gasteiger partial charge in [-0.3, -0.25) is 0 Å². The van der Waals surface area contributed by atoms with Gasteiger partial charge in [-0.05, 0) is 43.5 Å². The molecule has 1 unspecified atom stereocenters. The van der Waals surface area contributed by atoms with Crippen LogP contribution >= 0.6 is 0 Å². The molecule has 1 aromatic rings. The second-order valence-corrected chi connectivity index (χ2v) is 4.39. The van der Waals surface area contributed by atoms with Crippen molar-refractivity contribution in [1.29, 1.82) is 0 Å². The zero-order valence-electron chi connectivity index (χ0n) is 9.47. The summed E-state index contributed by atoms with van der Waals surface area (Å²) in [6.45, 7) is 2.76. The van der Waals surface area contributed by atoms with E-state index in [1.807, 2.05) is 6.92 Å². The first-order valence-corrected chi connectivity index (χ1v) is 5.90. The van der Waals surface area contributed by atoms with Crippen LogP contribution in [0.25, 0.3) is 0 Å². The highest BCUT2D eigenvalue weighted by atomic mass is 19.1. The van der Waals surface area contributed by atoms with Crippen molar-refractivity contribution < 1.29 is 8.78 Å². The Labute approximate surface area is 94.9 Å². The third-order valence-corrected chi connectivity index (χ3v) is 3.34. The average molecular weight is 225 g/mol. The zero-order chi connectivity index (χ0) is 11.5. The Bertz CT molecular complexity index is 361. The molecule has 0 radical (unpaired) electrons. The van der Waals surface area contributed by atoms with Crippen LogP contribution in [0.15, 0.2) is 18.2 Å². The molecule has 2 rings (SSSR count). The van der Waals surface area contributed by atoms with E-state index in [0.717, 1.165) is 19.4 Å². The summed E-state index contributed by atoms with van der Waals surface area (Å²) in [7, 11) is 0. The molecule has 0 aliphatic heterocycles. The van der Waals surface area contributed by atoms with E-state index in [-0.39, 0.29) is 17.7 Å². The molecule has 0 heterocycles. The molecule has 1 atom stereocenters. The minimum absolute atomic E-state index is 0.0329. The highest BCUT2D eigenvalue weighted by Crippen LogP contribution is 2.38. The third-order valence-electron chi connectivity index (χ3n) is 3.34. The van der Waals surface area contributed by atoms with E-state index in [1.165, 1.54) is 24.6 Å². The predicted molar refractivity (Wildman–Crippen MR) is 60.1 cm³/mol. The summed E-state index contributed by atoms with van der Waals surface area (Å²) in [6, 6.07) is 3.67. The summed E-state index contributed by atoms with van der Waals surface area (Å²) in [6.07, 6.45) is 3.41. The number of hydrogen-bond donors (Lipinski definition) is 1. The van der Waals surface area contributed by atoms with Gasteiger partial charge in [0, 0.05) is 11.6 Å². The Morgan fingerprint density at radius 2 is 2.12 bits per heavy atom. The van der Waals surface area contributed by atoms with Crippen molar-refractivity contribution in [2.45, 2.75) is 32.2 Å². The van der Waals surface area contributed by atoms with Gasteiger partial charge in [0.2, 0.25) is 0 Å². The van der Waals surface area contributed by atoms with Crippen LogP contribution < -0.4 is 5.32 Å². The molecule has 0 spiro atoms. The quantitative estimate of drug-likeness (QED) is 0.828. The lowest BCUT2D eigenvalue weighted by atomic mass is 9.77. The lowest BCUT2D eigenvalue weighted by Crippen LogP contribution is -2.32. The van der Waals surface area contributed by atoms with E-state index in [2.05, 4.69) is 5.32 Å². The summed E-state index contributed by atoms with van der Waals surface area (Å²) in [5.74, 6) is -0.214. The van der Waals surface area contributed by atoms with E-state index >= 15 is 0 Å². The first kappa shape index (κ1) is 11.5. The van der Waals surface area contributed by atoms with E-state index in [4.69, 9.17) is 0 Å². The lowest BCUT2D eigenvalue weighted by Gasteiger charge is -2.34.